The van der Waals surface area contributed by atoms with Crippen LogP contribution in [-0.4, -0.2) is 17.9 Å². The van der Waals surface area contributed by atoms with Crippen molar-refractivity contribution in [2.45, 2.75) is 20.5 Å². The van der Waals surface area contributed by atoms with Gasteiger partial charge in [0.2, 0.25) is 0 Å². The number of hydrogen-bond donors (Lipinski definition) is 1. The highest BCUT2D eigenvalue weighted by Crippen LogP contribution is 2.33. The van der Waals surface area contributed by atoms with Crippen molar-refractivity contribution in [2.75, 3.05) is 7.05 Å². The fourth-order valence-corrected chi connectivity index (χ4v) is 4.04. The van der Waals surface area contributed by atoms with E-state index in [-0.39, 0.29) is 5.91 Å². The van der Waals surface area contributed by atoms with E-state index in [1.807, 2.05) is 37.6 Å². The van der Waals surface area contributed by atoms with Crippen LogP contribution in [0, 0.1) is 13.8 Å². The Bertz CT molecular complexity index is 836. The number of aromatic nitrogens is 1. The molecule has 0 radical (unpaired) electrons. The molecular weight excluding hydrogens is 316 g/mol. The molecule has 0 aliphatic heterocycles. The van der Waals surface area contributed by atoms with Crippen molar-refractivity contribution in [1.29, 1.82) is 0 Å². The molecule has 0 spiro atoms. The smallest absolute Gasteiger partial charge is 0.252 e. The molecule has 4 nitrogen and oxygen atoms in total. The highest BCUT2D eigenvalue weighted by Gasteiger charge is 2.16. The number of thiophene rings is 1. The number of hydrogen-bond acceptors (Lipinski definition) is 5. The van der Waals surface area contributed by atoms with Gasteiger partial charge in [-0.2, -0.15) is 0 Å². The van der Waals surface area contributed by atoms with E-state index in [0.29, 0.717) is 6.61 Å². The number of nitrogens with one attached hydrogen (secondary N) is 1. The Hall–Kier alpha value is -1.92. The molecule has 2 heterocycles. The second-order valence-corrected chi connectivity index (χ2v) is 7.12. The largest absolute Gasteiger partial charge is 0.488 e. The minimum absolute atomic E-state index is 0.0563. The molecule has 3 aromatic rings. The summed E-state index contributed by atoms with van der Waals surface area (Å²) >= 11 is 3.22. The molecule has 22 heavy (non-hydrogen) atoms. The van der Waals surface area contributed by atoms with Crippen molar-refractivity contribution in [3.63, 3.8) is 0 Å². The average Bonchev–Trinajstić information content (AvgIpc) is 3.06. The Morgan fingerprint density at radius 1 is 1.36 bits per heavy atom. The number of benzene rings is 1. The zero-order valence-corrected chi connectivity index (χ0v) is 14.2. The summed E-state index contributed by atoms with van der Waals surface area (Å²) in [4.78, 5) is 18.4. The van der Waals surface area contributed by atoms with E-state index in [2.05, 4.69) is 10.3 Å². The number of thiazole rings is 1. The van der Waals surface area contributed by atoms with Crippen LogP contribution in [0.3, 0.4) is 0 Å². The van der Waals surface area contributed by atoms with Crippen molar-refractivity contribution < 1.29 is 9.53 Å². The third-order valence-electron chi connectivity index (χ3n) is 3.50. The molecule has 0 saturated heterocycles. The van der Waals surface area contributed by atoms with E-state index in [1.54, 1.807) is 29.7 Å². The lowest BCUT2D eigenvalue weighted by Gasteiger charge is -2.06. The van der Waals surface area contributed by atoms with Gasteiger partial charge in [-0.1, -0.05) is 0 Å². The molecule has 6 heteroatoms. The first-order chi connectivity index (χ1) is 10.6. The molecule has 0 atom stereocenters. The Morgan fingerprint density at radius 3 is 2.86 bits per heavy atom. The van der Waals surface area contributed by atoms with E-state index >= 15 is 0 Å². The van der Waals surface area contributed by atoms with Crippen LogP contribution in [0.5, 0.6) is 5.75 Å². The zero-order chi connectivity index (χ0) is 15.7. The monoisotopic (exact) mass is 332 g/mol. The molecule has 2 aromatic heterocycles. The molecule has 0 saturated carbocycles. The zero-order valence-electron chi connectivity index (χ0n) is 12.6. The first-order valence-corrected chi connectivity index (χ1v) is 8.56. The predicted molar refractivity (Wildman–Crippen MR) is 91.1 cm³/mol. The van der Waals surface area contributed by atoms with Crippen LogP contribution in [0.25, 0.3) is 10.1 Å². The van der Waals surface area contributed by atoms with Gasteiger partial charge in [0.05, 0.1) is 21.6 Å². The van der Waals surface area contributed by atoms with E-state index in [1.165, 1.54) is 0 Å². The Balaban J connectivity index is 1.91. The van der Waals surface area contributed by atoms with Crippen LogP contribution in [0.1, 0.15) is 25.8 Å². The van der Waals surface area contributed by atoms with E-state index in [4.69, 9.17) is 4.74 Å². The van der Waals surface area contributed by atoms with E-state index < -0.39 is 0 Å². The molecule has 114 valence electrons. The van der Waals surface area contributed by atoms with Gasteiger partial charge in [-0.3, -0.25) is 4.79 Å². The van der Waals surface area contributed by atoms with Crippen molar-refractivity contribution in [1.82, 2.24) is 10.3 Å². The standard InChI is InChI=1S/C16H16N2O2S2/c1-9-14(21-8-18-9)7-20-11-4-5-13-12(6-11)15(10(2)22-13)16(19)17-3/h4-6,8H,7H2,1-3H3,(H,17,19). The quantitative estimate of drug-likeness (QED) is 0.788. The van der Waals surface area contributed by atoms with Gasteiger partial charge in [-0.15, -0.1) is 22.7 Å². The van der Waals surface area contributed by atoms with Crippen LogP contribution in [0.15, 0.2) is 23.7 Å². The maximum atomic E-state index is 12.1. The van der Waals surface area contributed by atoms with Gasteiger partial charge >= 0.3 is 0 Å². The third kappa shape index (κ3) is 2.71. The average molecular weight is 332 g/mol. The molecule has 0 aliphatic rings. The van der Waals surface area contributed by atoms with E-state index in [0.717, 1.165) is 36.8 Å². The van der Waals surface area contributed by atoms with Crippen molar-refractivity contribution in [3.05, 3.63) is 44.7 Å². The van der Waals surface area contributed by atoms with Gasteiger partial charge < -0.3 is 10.1 Å². The van der Waals surface area contributed by atoms with Gasteiger partial charge in [0.25, 0.3) is 5.91 Å². The number of carbonyl (C=O) groups is 1. The van der Waals surface area contributed by atoms with Crippen LogP contribution < -0.4 is 10.1 Å². The first-order valence-electron chi connectivity index (χ1n) is 6.87. The molecule has 3 rings (SSSR count). The molecular formula is C16H16N2O2S2. The van der Waals surface area contributed by atoms with Gasteiger partial charge in [0, 0.05) is 22.0 Å². The molecule has 1 amide bonds. The summed E-state index contributed by atoms with van der Waals surface area (Å²) in [6, 6.07) is 5.90. The highest BCUT2D eigenvalue weighted by atomic mass is 32.1. The molecule has 0 aliphatic carbocycles. The number of aryl methyl sites for hydroxylation is 2. The summed E-state index contributed by atoms with van der Waals surface area (Å²) in [7, 11) is 1.65. The highest BCUT2D eigenvalue weighted by molar-refractivity contribution is 7.19. The fraction of sp³-hybridized carbons (Fsp3) is 0.250. The summed E-state index contributed by atoms with van der Waals surface area (Å²) in [6.45, 7) is 4.45. The molecule has 0 unspecified atom stereocenters. The van der Waals surface area contributed by atoms with Crippen LogP contribution in [0.4, 0.5) is 0 Å². The fourth-order valence-electron chi connectivity index (χ4n) is 2.31. The Morgan fingerprint density at radius 2 is 2.18 bits per heavy atom. The minimum atomic E-state index is -0.0563. The Labute approximate surface area is 136 Å². The number of ether oxygens (including phenoxy) is 1. The number of fused-ring (bicyclic) bond motifs is 1. The van der Waals surface area contributed by atoms with Crippen molar-refractivity contribution in [3.8, 4) is 5.75 Å². The lowest BCUT2D eigenvalue weighted by Crippen LogP contribution is -2.18. The van der Waals surface area contributed by atoms with Crippen LogP contribution in [0.2, 0.25) is 0 Å². The van der Waals surface area contributed by atoms with Gasteiger partial charge in [-0.05, 0) is 32.0 Å². The summed E-state index contributed by atoms with van der Waals surface area (Å²) in [5.41, 5.74) is 3.56. The normalized spacial score (nSPS) is 10.9. The van der Waals surface area contributed by atoms with Crippen LogP contribution in [-0.2, 0) is 6.61 Å². The molecule has 0 bridgehead atoms. The first kappa shape index (κ1) is 15.0. The summed E-state index contributed by atoms with van der Waals surface area (Å²) in [5.74, 6) is 0.711. The maximum Gasteiger partial charge on any atom is 0.252 e. The van der Waals surface area contributed by atoms with Crippen molar-refractivity contribution >= 4 is 38.7 Å². The lowest BCUT2D eigenvalue weighted by molar-refractivity contribution is 0.0964. The number of nitrogens with zero attached hydrogens (tertiary/aromatic N) is 1. The van der Waals surface area contributed by atoms with Gasteiger partial charge in [0.1, 0.15) is 12.4 Å². The SMILES string of the molecule is CNC(=O)c1c(C)sc2ccc(OCc3scnc3C)cc12. The maximum absolute atomic E-state index is 12.1. The number of amides is 1. The predicted octanol–water partition coefficient (Wildman–Crippen LogP) is 3.91. The summed E-state index contributed by atoms with van der Waals surface area (Å²) in [6.07, 6.45) is 0. The van der Waals surface area contributed by atoms with Crippen molar-refractivity contribution in [2.24, 2.45) is 0 Å². The number of carbonyl (C=O) groups excluding carboxylic acids is 1. The minimum Gasteiger partial charge on any atom is -0.488 e. The second kappa shape index (κ2) is 6.06. The summed E-state index contributed by atoms with van der Waals surface area (Å²) in [5, 5.41) is 3.65. The summed E-state index contributed by atoms with van der Waals surface area (Å²) < 4.78 is 6.96. The molecule has 1 N–H and O–H groups in total. The number of rotatable bonds is 4. The molecule has 0 fully saturated rings. The molecule has 1 aromatic carbocycles. The lowest BCUT2D eigenvalue weighted by atomic mass is 10.1. The van der Waals surface area contributed by atoms with Gasteiger partial charge in [-0.25, -0.2) is 4.98 Å². The van der Waals surface area contributed by atoms with Gasteiger partial charge in [0.15, 0.2) is 0 Å². The second-order valence-electron chi connectivity index (χ2n) is 4.92. The Kier molecular flexibility index (Phi) is 4.13. The van der Waals surface area contributed by atoms with E-state index in [9.17, 15) is 4.79 Å². The topological polar surface area (TPSA) is 51.2 Å². The third-order valence-corrected chi connectivity index (χ3v) is 5.50. The van der Waals surface area contributed by atoms with Crippen LogP contribution >= 0.6 is 22.7 Å².